The Morgan fingerprint density at radius 1 is 1.20 bits per heavy atom. The van der Waals surface area contributed by atoms with Crippen molar-refractivity contribution >= 4 is 21.5 Å². The molecule has 0 amide bonds. The normalized spacial score (nSPS) is 15.2. The van der Waals surface area contributed by atoms with Gasteiger partial charge in [-0.15, -0.1) is 0 Å². The van der Waals surface area contributed by atoms with Gasteiger partial charge in [0.1, 0.15) is 0 Å². The summed E-state index contributed by atoms with van der Waals surface area (Å²) in [6.45, 7) is 0. The molecule has 0 aromatic heterocycles. The minimum absolute atomic E-state index is 0.860. The van der Waals surface area contributed by atoms with E-state index >= 15 is 0 Å². The first-order valence-electron chi connectivity index (χ1n) is 4.87. The summed E-state index contributed by atoms with van der Waals surface area (Å²) in [4.78, 5) is 0. The monoisotopic (exact) mass is 259 g/mol. The minimum atomic E-state index is 0.860. The van der Waals surface area contributed by atoms with Crippen LogP contribution in [-0.2, 0) is 0 Å². The van der Waals surface area contributed by atoms with Crippen LogP contribution in [0.25, 0.3) is 5.57 Å². The summed E-state index contributed by atoms with van der Waals surface area (Å²) < 4.78 is 1.06. The van der Waals surface area contributed by atoms with Gasteiger partial charge in [0.2, 0.25) is 0 Å². The van der Waals surface area contributed by atoms with Crippen molar-refractivity contribution in [1.82, 2.24) is 0 Å². The lowest BCUT2D eigenvalue weighted by Crippen LogP contribution is -1.92. The van der Waals surface area contributed by atoms with Crippen molar-refractivity contribution in [2.45, 2.75) is 12.8 Å². The van der Waals surface area contributed by atoms with Crippen LogP contribution in [0.5, 0.6) is 0 Å². The lowest BCUT2D eigenvalue weighted by molar-refractivity contribution is 0.999. The maximum atomic E-state index is 9.03. The van der Waals surface area contributed by atoms with Gasteiger partial charge in [-0.25, -0.2) is 0 Å². The van der Waals surface area contributed by atoms with E-state index in [1.807, 2.05) is 30.3 Å². The van der Waals surface area contributed by atoms with Gasteiger partial charge in [0, 0.05) is 10.0 Å². The SMILES string of the molecule is N#CC1=C(c2ccc(Br)cc2)C=CCC1. The molecule has 1 aliphatic carbocycles. The van der Waals surface area contributed by atoms with Crippen molar-refractivity contribution in [1.29, 1.82) is 5.26 Å². The van der Waals surface area contributed by atoms with Crippen LogP contribution in [0.3, 0.4) is 0 Å². The van der Waals surface area contributed by atoms with Gasteiger partial charge in [-0.2, -0.15) is 5.26 Å². The Morgan fingerprint density at radius 2 is 1.93 bits per heavy atom. The van der Waals surface area contributed by atoms with E-state index in [0.717, 1.165) is 34.0 Å². The van der Waals surface area contributed by atoms with E-state index in [2.05, 4.69) is 28.1 Å². The van der Waals surface area contributed by atoms with E-state index in [-0.39, 0.29) is 0 Å². The van der Waals surface area contributed by atoms with Gasteiger partial charge < -0.3 is 0 Å². The molecule has 2 heteroatoms. The molecule has 0 atom stereocenters. The molecule has 1 aromatic rings. The Bertz CT molecular complexity index is 460. The third-order valence-corrected chi connectivity index (χ3v) is 2.99. The van der Waals surface area contributed by atoms with Crippen LogP contribution < -0.4 is 0 Å². The van der Waals surface area contributed by atoms with Crippen molar-refractivity contribution in [3.05, 3.63) is 52.0 Å². The second-order valence-electron chi connectivity index (χ2n) is 3.45. The van der Waals surface area contributed by atoms with Crippen molar-refractivity contribution in [3.8, 4) is 6.07 Å². The molecule has 1 aromatic carbocycles. The molecule has 0 heterocycles. The first kappa shape index (κ1) is 10.2. The zero-order chi connectivity index (χ0) is 10.7. The summed E-state index contributed by atoms with van der Waals surface area (Å²) in [7, 11) is 0. The molecule has 0 saturated heterocycles. The summed E-state index contributed by atoms with van der Waals surface area (Å²) in [6, 6.07) is 10.4. The number of nitrogens with zero attached hydrogens (tertiary/aromatic N) is 1. The molecule has 0 saturated carbocycles. The highest BCUT2D eigenvalue weighted by molar-refractivity contribution is 9.10. The molecule has 0 fully saturated rings. The number of rotatable bonds is 1. The molecule has 0 aliphatic heterocycles. The average Bonchev–Trinajstić information content (AvgIpc) is 2.30. The number of halogens is 1. The Morgan fingerprint density at radius 3 is 2.60 bits per heavy atom. The van der Waals surface area contributed by atoms with Crippen molar-refractivity contribution in [2.24, 2.45) is 0 Å². The zero-order valence-corrected chi connectivity index (χ0v) is 9.79. The minimum Gasteiger partial charge on any atom is -0.193 e. The van der Waals surface area contributed by atoms with Crippen LogP contribution in [0.4, 0.5) is 0 Å². The highest BCUT2D eigenvalue weighted by atomic mass is 79.9. The van der Waals surface area contributed by atoms with E-state index in [0.29, 0.717) is 0 Å². The smallest absolute Gasteiger partial charge is 0.0953 e. The Kier molecular flexibility index (Phi) is 3.03. The number of hydrogen-bond donors (Lipinski definition) is 0. The summed E-state index contributed by atoms with van der Waals surface area (Å²) in [5.41, 5.74) is 3.07. The molecule has 1 nitrogen and oxygen atoms in total. The first-order valence-corrected chi connectivity index (χ1v) is 5.66. The van der Waals surface area contributed by atoms with E-state index in [9.17, 15) is 0 Å². The second kappa shape index (κ2) is 4.46. The molecule has 0 spiro atoms. The Balaban J connectivity index is 2.46. The van der Waals surface area contributed by atoms with Crippen LogP contribution >= 0.6 is 15.9 Å². The van der Waals surface area contributed by atoms with Gasteiger partial charge >= 0.3 is 0 Å². The molecule has 15 heavy (non-hydrogen) atoms. The number of benzene rings is 1. The molecule has 2 rings (SSSR count). The van der Waals surface area contributed by atoms with Gasteiger partial charge in [0.25, 0.3) is 0 Å². The molecule has 0 N–H and O–H groups in total. The van der Waals surface area contributed by atoms with Gasteiger partial charge in [0.15, 0.2) is 0 Å². The fourth-order valence-electron chi connectivity index (χ4n) is 1.68. The Hall–Kier alpha value is -1.33. The number of allylic oxidation sites excluding steroid dienone is 4. The maximum absolute atomic E-state index is 9.03. The topological polar surface area (TPSA) is 23.8 Å². The largest absolute Gasteiger partial charge is 0.193 e. The fraction of sp³-hybridized carbons (Fsp3) is 0.154. The fourth-order valence-corrected chi connectivity index (χ4v) is 1.94. The zero-order valence-electron chi connectivity index (χ0n) is 8.20. The summed E-state index contributed by atoms with van der Waals surface area (Å²) in [5.74, 6) is 0. The van der Waals surface area contributed by atoms with Crippen LogP contribution in [0, 0.1) is 11.3 Å². The first-order chi connectivity index (χ1) is 7.31. The third-order valence-electron chi connectivity index (χ3n) is 2.46. The van der Waals surface area contributed by atoms with Crippen LogP contribution in [0.2, 0.25) is 0 Å². The van der Waals surface area contributed by atoms with Crippen LogP contribution in [-0.4, -0.2) is 0 Å². The molecular formula is C13H10BrN. The van der Waals surface area contributed by atoms with E-state index < -0.39 is 0 Å². The number of nitriles is 1. The summed E-state index contributed by atoms with van der Waals surface area (Å²) in [5, 5.41) is 9.03. The van der Waals surface area contributed by atoms with E-state index in [1.165, 1.54) is 0 Å². The predicted molar refractivity (Wildman–Crippen MR) is 65.0 cm³/mol. The molecule has 0 unspecified atom stereocenters. The maximum Gasteiger partial charge on any atom is 0.0953 e. The van der Waals surface area contributed by atoms with Crippen LogP contribution in [0.1, 0.15) is 18.4 Å². The van der Waals surface area contributed by atoms with E-state index in [1.54, 1.807) is 0 Å². The highest BCUT2D eigenvalue weighted by Gasteiger charge is 2.09. The van der Waals surface area contributed by atoms with Gasteiger partial charge in [-0.3, -0.25) is 0 Å². The lowest BCUT2D eigenvalue weighted by Gasteiger charge is -2.10. The number of hydrogen-bond acceptors (Lipinski definition) is 1. The molecule has 0 radical (unpaired) electrons. The quantitative estimate of drug-likeness (QED) is 0.746. The van der Waals surface area contributed by atoms with Crippen LogP contribution in [0.15, 0.2) is 46.5 Å². The summed E-state index contributed by atoms with van der Waals surface area (Å²) in [6.07, 6.45) is 6.00. The standard InChI is InChI=1S/C13H10BrN/c14-12-7-5-10(6-8-12)13-4-2-1-3-11(13)9-15/h2,4-8H,1,3H2. The molecular weight excluding hydrogens is 250 g/mol. The third kappa shape index (κ3) is 2.19. The molecule has 1 aliphatic rings. The Labute approximate surface area is 97.9 Å². The van der Waals surface area contributed by atoms with Crippen molar-refractivity contribution in [3.63, 3.8) is 0 Å². The summed E-state index contributed by atoms with van der Waals surface area (Å²) >= 11 is 3.40. The second-order valence-corrected chi connectivity index (χ2v) is 4.37. The predicted octanol–water partition coefficient (Wildman–Crippen LogP) is 4.08. The highest BCUT2D eigenvalue weighted by Crippen LogP contribution is 2.27. The van der Waals surface area contributed by atoms with Crippen molar-refractivity contribution in [2.75, 3.05) is 0 Å². The van der Waals surface area contributed by atoms with E-state index in [4.69, 9.17) is 5.26 Å². The van der Waals surface area contributed by atoms with Crippen molar-refractivity contribution < 1.29 is 0 Å². The average molecular weight is 260 g/mol. The van der Waals surface area contributed by atoms with Gasteiger partial charge in [-0.1, -0.05) is 40.2 Å². The molecule has 0 bridgehead atoms. The van der Waals surface area contributed by atoms with Gasteiger partial charge in [0.05, 0.1) is 6.07 Å². The molecule has 74 valence electrons. The van der Waals surface area contributed by atoms with Gasteiger partial charge in [-0.05, 0) is 36.1 Å². The lowest BCUT2D eigenvalue weighted by atomic mass is 9.93.